The van der Waals surface area contributed by atoms with Crippen molar-refractivity contribution in [2.75, 3.05) is 25.5 Å². The monoisotopic (exact) mass is 695 g/mol. The average molecular weight is 696 g/mol. The lowest BCUT2D eigenvalue weighted by atomic mass is 10.0. The molecule has 0 aliphatic carbocycles. The van der Waals surface area contributed by atoms with Crippen LogP contribution in [-0.2, 0) is 48.2 Å². The first-order chi connectivity index (χ1) is 22.9. The van der Waals surface area contributed by atoms with Crippen LogP contribution in [0.25, 0.3) is 0 Å². The predicted molar refractivity (Wildman–Crippen MR) is 180 cm³/mol. The number of hydrogen-bond donors (Lipinski definition) is 3. The van der Waals surface area contributed by atoms with Crippen LogP contribution in [0.3, 0.4) is 0 Å². The third kappa shape index (κ3) is 13.1. The van der Waals surface area contributed by atoms with Crippen LogP contribution < -0.4 is 16.4 Å². The third-order valence-corrected chi connectivity index (χ3v) is 10.6. The molecule has 2 aromatic carbocycles. The summed E-state index contributed by atoms with van der Waals surface area (Å²) in [6.07, 6.45) is 1.39. The van der Waals surface area contributed by atoms with Gasteiger partial charge in [-0.2, -0.15) is 0 Å². The highest BCUT2D eigenvalue weighted by Gasteiger charge is 2.36. The van der Waals surface area contributed by atoms with Crippen molar-refractivity contribution >= 4 is 21.9 Å². The highest BCUT2D eigenvalue weighted by molar-refractivity contribution is 7.92. The molecule has 1 aliphatic rings. The molecule has 0 bridgehead atoms. The van der Waals surface area contributed by atoms with Crippen molar-refractivity contribution in [3.05, 3.63) is 70.8 Å². The Morgan fingerprint density at radius 3 is 2.25 bits per heavy atom. The van der Waals surface area contributed by atoms with Gasteiger partial charge in [-0.05, 0) is 54.5 Å². The van der Waals surface area contributed by atoms with Crippen LogP contribution >= 0.6 is 0 Å². The molecule has 0 spiro atoms. The molecule has 3 rings (SSSR count). The number of hydrogen-bond acceptors (Lipinski definition) is 9. The van der Waals surface area contributed by atoms with Gasteiger partial charge in [0.1, 0.15) is 29.9 Å². The van der Waals surface area contributed by atoms with Gasteiger partial charge in [0, 0.05) is 38.0 Å². The number of amides is 1. The van der Waals surface area contributed by atoms with E-state index in [0.29, 0.717) is 58.3 Å². The third-order valence-electron chi connectivity index (χ3n) is 8.36. The van der Waals surface area contributed by atoms with Crippen LogP contribution in [0.1, 0.15) is 76.0 Å². The molecule has 1 saturated heterocycles. The zero-order valence-corrected chi connectivity index (χ0v) is 29.0. The van der Waals surface area contributed by atoms with Crippen LogP contribution in [0.4, 0.5) is 13.6 Å². The number of alkyl carbamates (subject to hydrolysis) is 1. The quantitative estimate of drug-likeness (QED) is 0.177. The van der Waals surface area contributed by atoms with E-state index in [-0.39, 0.29) is 18.5 Å². The number of nitrogens with two attached hydrogens (primary N) is 1. The van der Waals surface area contributed by atoms with Gasteiger partial charge in [0.05, 0.1) is 24.2 Å². The lowest BCUT2D eigenvalue weighted by Gasteiger charge is -2.28. The molecule has 1 heterocycles. The summed E-state index contributed by atoms with van der Waals surface area (Å²) in [5.41, 5.74) is 8.89. The van der Waals surface area contributed by atoms with Gasteiger partial charge in [-0.15, -0.1) is 0 Å². The predicted octanol–water partition coefficient (Wildman–Crippen LogP) is 4.76. The number of benzene rings is 2. The van der Waals surface area contributed by atoms with Gasteiger partial charge in [0.25, 0.3) is 0 Å². The first kappa shape index (κ1) is 39.3. The lowest BCUT2D eigenvalue weighted by Crippen LogP contribution is -2.52. The summed E-state index contributed by atoms with van der Waals surface area (Å²) in [6.45, 7) is 7.10. The van der Waals surface area contributed by atoms with E-state index in [0.717, 1.165) is 35.7 Å². The van der Waals surface area contributed by atoms with Gasteiger partial charge in [0.2, 0.25) is 0 Å². The molecule has 4 N–H and O–H groups in total. The highest BCUT2D eigenvalue weighted by atomic mass is 32.2. The Bertz CT molecular complexity index is 1400. The number of aryl methyl sites for hydroxylation is 1. The molecule has 2 aromatic rings. The number of carbonyl (C=O) groups excluding carboxylic acids is 2. The second-order valence-corrected chi connectivity index (χ2v) is 14.7. The van der Waals surface area contributed by atoms with Gasteiger partial charge in [0.15, 0.2) is 9.84 Å². The van der Waals surface area contributed by atoms with E-state index in [4.69, 9.17) is 19.9 Å². The number of ether oxygens (including phenoxy) is 3. The van der Waals surface area contributed by atoms with Gasteiger partial charge < -0.3 is 30.6 Å². The Morgan fingerprint density at radius 1 is 0.979 bits per heavy atom. The summed E-state index contributed by atoms with van der Waals surface area (Å²) in [7, 11) is -3.86. The zero-order chi connectivity index (χ0) is 35.1. The van der Waals surface area contributed by atoms with Gasteiger partial charge in [-0.25, -0.2) is 26.8 Å². The van der Waals surface area contributed by atoms with Crippen molar-refractivity contribution < 1.29 is 41.0 Å². The van der Waals surface area contributed by atoms with Crippen LogP contribution in [0.2, 0.25) is 0 Å². The van der Waals surface area contributed by atoms with E-state index in [9.17, 15) is 26.8 Å². The molecular formula is C35H51F2N3O7S. The maximum Gasteiger partial charge on any atom is 0.408 e. The van der Waals surface area contributed by atoms with Crippen molar-refractivity contribution in [2.45, 2.75) is 108 Å². The second kappa shape index (κ2) is 19.8. The average Bonchev–Trinajstić information content (AvgIpc) is 3.03. The van der Waals surface area contributed by atoms with Gasteiger partial charge in [-0.1, -0.05) is 57.9 Å². The van der Waals surface area contributed by atoms with E-state index in [1.54, 1.807) is 0 Å². The summed E-state index contributed by atoms with van der Waals surface area (Å²) in [5, 5.41) is 4.98. The first-order valence-corrected chi connectivity index (χ1v) is 18.6. The van der Waals surface area contributed by atoms with E-state index in [1.165, 1.54) is 0 Å². The van der Waals surface area contributed by atoms with Gasteiger partial charge >= 0.3 is 12.1 Å². The van der Waals surface area contributed by atoms with Gasteiger partial charge in [-0.3, -0.25) is 0 Å². The Morgan fingerprint density at radius 2 is 1.62 bits per heavy atom. The van der Waals surface area contributed by atoms with Crippen LogP contribution in [0.15, 0.2) is 42.5 Å². The van der Waals surface area contributed by atoms with Crippen molar-refractivity contribution in [1.29, 1.82) is 0 Å². The minimum absolute atomic E-state index is 0.0430. The maximum atomic E-state index is 14.0. The summed E-state index contributed by atoms with van der Waals surface area (Å²) < 4.78 is 71.8. The number of esters is 1. The Hall–Kier alpha value is -3.13. The molecule has 3 atom stereocenters. The summed E-state index contributed by atoms with van der Waals surface area (Å²) in [4.78, 5) is 26.8. The number of halogens is 2. The Kier molecular flexibility index (Phi) is 16.2. The minimum atomic E-state index is -3.86. The summed E-state index contributed by atoms with van der Waals surface area (Å²) >= 11 is 0. The van der Waals surface area contributed by atoms with Crippen LogP contribution in [-0.4, -0.2) is 75.5 Å². The SMILES string of the molecule is CCCC(CCC)S(=O)(=O)C[C@H](NC(=O)OC1CCOCC1)C(=O)O[C@H](CNCc1cccc(CC)c1)[C@@H](N)Cc1cc(F)cc(F)c1. The second-order valence-electron chi connectivity index (χ2n) is 12.4. The molecule has 13 heteroatoms. The Balaban J connectivity index is 1.84. The number of rotatable bonds is 19. The molecule has 0 aromatic heterocycles. The lowest BCUT2D eigenvalue weighted by molar-refractivity contribution is -0.152. The molecule has 0 unspecified atom stereocenters. The molecule has 0 radical (unpaired) electrons. The molecule has 0 saturated carbocycles. The van der Waals surface area contributed by atoms with Crippen LogP contribution in [0, 0.1) is 11.6 Å². The maximum absolute atomic E-state index is 14.0. The topological polar surface area (TPSA) is 146 Å². The number of sulfone groups is 1. The van der Waals surface area contributed by atoms with E-state index < -0.39 is 68.8 Å². The smallest absolute Gasteiger partial charge is 0.408 e. The zero-order valence-electron chi connectivity index (χ0n) is 28.2. The molecule has 268 valence electrons. The standard InChI is InChI=1S/C35H51F2N3O7S/c1-4-8-30(9-5-2)48(43,44)23-32(40-35(42)46-29-12-14-45-15-13-29)34(41)47-33(22-39-21-25-11-7-10-24(6-3)16-25)31(38)19-26-17-27(36)20-28(37)18-26/h7,10-11,16-18,20,29-33,39H,4-6,8-9,12-15,19,21-23,38H2,1-3H3,(H,40,42)/t31-,32-,33+/m0/s1. The molecular weight excluding hydrogens is 644 g/mol. The molecule has 1 amide bonds. The van der Waals surface area contributed by atoms with E-state index in [1.807, 2.05) is 45.0 Å². The fourth-order valence-electron chi connectivity index (χ4n) is 5.77. The first-order valence-electron chi connectivity index (χ1n) is 16.9. The highest BCUT2D eigenvalue weighted by Crippen LogP contribution is 2.19. The van der Waals surface area contributed by atoms with E-state index >= 15 is 0 Å². The summed E-state index contributed by atoms with van der Waals surface area (Å²) in [6, 6.07) is 8.47. The number of carbonyl (C=O) groups is 2. The van der Waals surface area contributed by atoms with Crippen LogP contribution in [0.5, 0.6) is 0 Å². The molecule has 1 aliphatic heterocycles. The fraction of sp³-hybridized carbons (Fsp3) is 0.600. The normalized spacial score (nSPS) is 15.9. The minimum Gasteiger partial charge on any atom is -0.458 e. The summed E-state index contributed by atoms with van der Waals surface area (Å²) in [5.74, 6) is -3.24. The molecule has 10 nitrogen and oxygen atoms in total. The van der Waals surface area contributed by atoms with Crippen molar-refractivity contribution in [1.82, 2.24) is 10.6 Å². The van der Waals surface area contributed by atoms with Crippen molar-refractivity contribution in [3.8, 4) is 0 Å². The molecule has 48 heavy (non-hydrogen) atoms. The Labute approximate surface area is 283 Å². The van der Waals surface area contributed by atoms with Crippen molar-refractivity contribution in [3.63, 3.8) is 0 Å². The van der Waals surface area contributed by atoms with E-state index in [2.05, 4.69) is 10.6 Å². The largest absolute Gasteiger partial charge is 0.458 e. The fourth-order valence-corrected chi connectivity index (χ4v) is 7.91. The molecule has 1 fully saturated rings. The van der Waals surface area contributed by atoms with Crippen molar-refractivity contribution in [2.24, 2.45) is 5.73 Å². The number of nitrogens with one attached hydrogen (secondary N) is 2.